The molecule has 0 spiro atoms. The fraction of sp³-hybridized carbons (Fsp3) is 0.500. The number of ether oxygens (including phenoxy) is 1. The van der Waals surface area contributed by atoms with E-state index in [1.54, 1.807) is 34.6 Å². The molecule has 0 amide bonds. The molecule has 0 saturated carbocycles. The normalized spacial score (nSPS) is 13.0. The number of carbonyl (C=O) groups is 1. The molecular formula is C22H31BrN3O5P. The Balaban J connectivity index is 2.48. The summed E-state index contributed by atoms with van der Waals surface area (Å²) in [5.74, 6) is -1.87. The van der Waals surface area contributed by atoms with Crippen molar-refractivity contribution in [3.63, 3.8) is 0 Å². The molecule has 8 nitrogen and oxygen atoms in total. The number of carbonyl (C=O) groups excluding carboxylic acids is 1. The van der Waals surface area contributed by atoms with Crippen LogP contribution >= 0.6 is 23.5 Å². The zero-order chi connectivity index (χ0) is 23.9. The summed E-state index contributed by atoms with van der Waals surface area (Å²) in [6.07, 6.45) is 1.95. The van der Waals surface area contributed by atoms with Crippen molar-refractivity contribution in [3.8, 4) is 0 Å². The second kappa shape index (κ2) is 11.4. The van der Waals surface area contributed by atoms with E-state index in [9.17, 15) is 9.36 Å². The zero-order valence-electron chi connectivity index (χ0n) is 19.3. The number of benzene rings is 1. The molecule has 0 aliphatic heterocycles. The van der Waals surface area contributed by atoms with Crippen LogP contribution in [0.3, 0.4) is 0 Å². The Morgan fingerprint density at radius 2 is 1.88 bits per heavy atom. The Bertz CT molecular complexity index is 970. The van der Waals surface area contributed by atoms with Crippen molar-refractivity contribution in [3.05, 3.63) is 51.9 Å². The highest BCUT2D eigenvalue weighted by molar-refractivity contribution is 9.10. The van der Waals surface area contributed by atoms with E-state index >= 15 is 0 Å². The maximum atomic E-state index is 13.6. The van der Waals surface area contributed by atoms with E-state index in [-0.39, 0.29) is 13.2 Å². The van der Waals surface area contributed by atoms with E-state index in [2.05, 4.69) is 31.2 Å². The molecule has 0 fully saturated rings. The predicted octanol–water partition coefficient (Wildman–Crippen LogP) is 5.48. The molecule has 32 heavy (non-hydrogen) atoms. The van der Waals surface area contributed by atoms with E-state index in [1.807, 2.05) is 31.2 Å². The Hall–Kier alpha value is -1.80. The molecule has 1 aromatic heterocycles. The third kappa shape index (κ3) is 7.66. The first-order valence-electron chi connectivity index (χ1n) is 10.4. The van der Waals surface area contributed by atoms with E-state index in [1.165, 1.54) is 6.20 Å². The lowest BCUT2D eigenvalue weighted by Crippen LogP contribution is -2.38. The molecule has 0 bridgehead atoms. The average Bonchev–Trinajstić information content (AvgIpc) is 2.66. The molecule has 1 N–H and O–H groups in total. The number of hydrogen-bond acceptors (Lipinski definition) is 8. The molecule has 0 radical (unpaired) electrons. The third-order valence-corrected chi connectivity index (χ3v) is 6.70. The van der Waals surface area contributed by atoms with Crippen LogP contribution in [0.15, 0.2) is 35.1 Å². The molecule has 1 unspecified atom stereocenters. The smallest absolute Gasteiger partial charge is 0.364 e. The molecular weight excluding hydrogens is 497 g/mol. The SMILES string of the molecule is CCOP(=O)(OCC)C(Nc1ncc(Br)nc1Cc1cccc(C)c1)C(=O)OC(C)(C)C. The Morgan fingerprint density at radius 3 is 2.44 bits per heavy atom. The summed E-state index contributed by atoms with van der Waals surface area (Å²) in [5, 5.41) is 2.96. The fourth-order valence-corrected chi connectivity index (χ4v) is 4.96. The van der Waals surface area contributed by atoms with Crippen LogP contribution in [0.25, 0.3) is 0 Å². The van der Waals surface area contributed by atoms with E-state index in [0.29, 0.717) is 22.5 Å². The van der Waals surface area contributed by atoms with Gasteiger partial charge in [0, 0.05) is 6.42 Å². The summed E-state index contributed by atoms with van der Waals surface area (Å²) in [4.78, 5) is 22.0. The summed E-state index contributed by atoms with van der Waals surface area (Å²) in [6.45, 7) is 10.8. The number of esters is 1. The van der Waals surface area contributed by atoms with Gasteiger partial charge in [-0.05, 0) is 63.0 Å². The van der Waals surface area contributed by atoms with Crippen molar-refractivity contribution in [1.82, 2.24) is 9.97 Å². The molecule has 0 aliphatic rings. The molecule has 0 aliphatic carbocycles. The Kier molecular flexibility index (Phi) is 9.40. The molecule has 2 aromatic rings. The number of nitrogens with zero attached hydrogens (tertiary/aromatic N) is 2. The molecule has 2 rings (SSSR count). The van der Waals surface area contributed by atoms with Gasteiger partial charge < -0.3 is 19.1 Å². The summed E-state index contributed by atoms with van der Waals surface area (Å²) in [5.41, 5.74) is 1.91. The Labute approximate surface area is 198 Å². The molecule has 1 aromatic carbocycles. The van der Waals surface area contributed by atoms with Crippen LogP contribution in [-0.4, -0.2) is 40.5 Å². The maximum absolute atomic E-state index is 13.6. The van der Waals surface area contributed by atoms with Gasteiger partial charge in [0.2, 0.25) is 5.78 Å². The van der Waals surface area contributed by atoms with Crippen LogP contribution < -0.4 is 5.32 Å². The first-order valence-corrected chi connectivity index (χ1v) is 12.8. The molecule has 1 atom stereocenters. The van der Waals surface area contributed by atoms with Crippen LogP contribution in [-0.2, 0) is 29.6 Å². The van der Waals surface area contributed by atoms with Crippen LogP contribution in [0.4, 0.5) is 5.82 Å². The lowest BCUT2D eigenvalue weighted by Gasteiger charge is -2.29. The lowest BCUT2D eigenvalue weighted by molar-refractivity contribution is -0.154. The second-order valence-corrected chi connectivity index (χ2v) is 11.0. The van der Waals surface area contributed by atoms with Crippen molar-refractivity contribution in [2.45, 2.75) is 59.3 Å². The van der Waals surface area contributed by atoms with Crippen molar-refractivity contribution >= 4 is 35.3 Å². The zero-order valence-corrected chi connectivity index (χ0v) is 21.8. The van der Waals surface area contributed by atoms with Gasteiger partial charge in [-0.25, -0.2) is 14.8 Å². The van der Waals surface area contributed by atoms with Crippen molar-refractivity contribution in [2.75, 3.05) is 18.5 Å². The number of aromatic nitrogens is 2. The minimum atomic E-state index is -3.92. The van der Waals surface area contributed by atoms with Gasteiger partial charge >= 0.3 is 13.6 Å². The van der Waals surface area contributed by atoms with Gasteiger partial charge in [-0.3, -0.25) is 4.57 Å². The van der Waals surface area contributed by atoms with Gasteiger partial charge in [-0.2, -0.15) is 0 Å². The van der Waals surface area contributed by atoms with E-state index in [0.717, 1.165) is 11.1 Å². The van der Waals surface area contributed by atoms with Crippen LogP contribution in [0.2, 0.25) is 0 Å². The minimum absolute atomic E-state index is 0.0976. The largest absolute Gasteiger partial charge is 0.458 e. The van der Waals surface area contributed by atoms with Crippen molar-refractivity contribution in [1.29, 1.82) is 0 Å². The van der Waals surface area contributed by atoms with Crippen LogP contribution in [0, 0.1) is 6.92 Å². The number of aryl methyl sites for hydroxylation is 1. The van der Waals surface area contributed by atoms with Crippen molar-refractivity contribution in [2.24, 2.45) is 0 Å². The topological polar surface area (TPSA) is 99.6 Å². The minimum Gasteiger partial charge on any atom is -0.458 e. The quantitative estimate of drug-likeness (QED) is 0.320. The van der Waals surface area contributed by atoms with Gasteiger partial charge in [-0.1, -0.05) is 29.8 Å². The molecule has 176 valence electrons. The highest BCUT2D eigenvalue weighted by Gasteiger charge is 2.44. The van der Waals surface area contributed by atoms with Gasteiger partial charge in [0.25, 0.3) is 0 Å². The number of rotatable bonds is 10. The standard InChI is InChI=1S/C22H31BrN3O5P/c1-7-29-32(28,30-8-2)20(21(27)31-22(4,5)6)26-19-17(25-18(23)14-24-19)13-16-11-9-10-15(3)12-16/h9-12,14,20H,7-8,13H2,1-6H3,(H,24,26). The number of hydrogen-bond donors (Lipinski definition) is 1. The fourth-order valence-electron chi connectivity index (χ4n) is 2.96. The van der Waals surface area contributed by atoms with Crippen molar-refractivity contribution < 1.29 is 23.1 Å². The van der Waals surface area contributed by atoms with Gasteiger partial charge in [0.05, 0.1) is 25.1 Å². The van der Waals surface area contributed by atoms with Gasteiger partial charge in [-0.15, -0.1) is 0 Å². The summed E-state index contributed by atoms with van der Waals surface area (Å²) in [6, 6.07) is 8.00. The van der Waals surface area contributed by atoms with Gasteiger partial charge in [0.1, 0.15) is 16.0 Å². The maximum Gasteiger partial charge on any atom is 0.364 e. The summed E-state index contributed by atoms with van der Waals surface area (Å²) >= 11 is 3.35. The Morgan fingerprint density at radius 1 is 1.22 bits per heavy atom. The first kappa shape index (κ1) is 26.5. The molecule has 10 heteroatoms. The van der Waals surface area contributed by atoms with Crippen LogP contribution in [0.5, 0.6) is 0 Å². The van der Waals surface area contributed by atoms with Gasteiger partial charge in [0.15, 0.2) is 0 Å². The molecule has 1 heterocycles. The second-order valence-electron chi connectivity index (χ2n) is 8.11. The highest BCUT2D eigenvalue weighted by Crippen LogP contribution is 2.53. The predicted molar refractivity (Wildman–Crippen MR) is 128 cm³/mol. The number of halogens is 1. The summed E-state index contributed by atoms with van der Waals surface area (Å²) in [7, 11) is -3.92. The molecule has 0 saturated heterocycles. The van der Waals surface area contributed by atoms with E-state index in [4.69, 9.17) is 13.8 Å². The monoisotopic (exact) mass is 527 g/mol. The average molecular weight is 528 g/mol. The number of anilines is 1. The first-order chi connectivity index (χ1) is 15.0. The van der Waals surface area contributed by atoms with Crippen LogP contribution in [0.1, 0.15) is 51.4 Å². The lowest BCUT2D eigenvalue weighted by atomic mass is 10.1. The highest BCUT2D eigenvalue weighted by atomic mass is 79.9. The number of nitrogens with one attached hydrogen (secondary N) is 1. The third-order valence-electron chi connectivity index (χ3n) is 4.11. The van der Waals surface area contributed by atoms with E-state index < -0.39 is 24.9 Å². The summed E-state index contributed by atoms with van der Waals surface area (Å²) < 4.78 is 30.5.